The molecule has 3 aromatic rings. The molecule has 0 saturated carbocycles. The molecule has 8 nitrogen and oxygen atoms in total. The Hall–Kier alpha value is -3.42. The molecular formula is C17H19N7O. The average molecular weight is 337 g/mol. The zero-order chi connectivity index (χ0) is 17.6. The fourth-order valence-electron chi connectivity index (χ4n) is 2.31. The Morgan fingerprint density at radius 1 is 1.16 bits per heavy atom. The van der Waals surface area contributed by atoms with Gasteiger partial charge in [0.05, 0.1) is 23.3 Å². The van der Waals surface area contributed by atoms with Crippen LogP contribution in [0.2, 0.25) is 0 Å². The number of aromatic nitrogens is 4. The summed E-state index contributed by atoms with van der Waals surface area (Å²) in [6.45, 7) is 0.422. The van der Waals surface area contributed by atoms with Crippen LogP contribution in [0.3, 0.4) is 0 Å². The fraction of sp³-hybridized carbons (Fsp3) is 0.176. The van der Waals surface area contributed by atoms with Gasteiger partial charge in [0.1, 0.15) is 12.7 Å². The van der Waals surface area contributed by atoms with Gasteiger partial charge in [0.25, 0.3) is 0 Å². The smallest absolute Gasteiger partial charge is 0.319 e. The zero-order valence-electron chi connectivity index (χ0n) is 14.0. The number of anilines is 2. The average Bonchev–Trinajstić information content (AvgIpc) is 3.15. The molecule has 0 atom stereocenters. The first-order chi connectivity index (χ1) is 12.1. The Labute approximate surface area is 145 Å². The lowest BCUT2D eigenvalue weighted by molar-refractivity contribution is 0.251. The third-order valence-corrected chi connectivity index (χ3v) is 3.60. The number of benzene rings is 1. The van der Waals surface area contributed by atoms with Gasteiger partial charge in [0.15, 0.2) is 0 Å². The molecule has 0 aliphatic rings. The van der Waals surface area contributed by atoms with Gasteiger partial charge in [0, 0.05) is 26.8 Å². The molecule has 0 fully saturated rings. The molecule has 2 N–H and O–H groups in total. The van der Waals surface area contributed by atoms with E-state index < -0.39 is 0 Å². The zero-order valence-corrected chi connectivity index (χ0v) is 14.0. The van der Waals surface area contributed by atoms with E-state index in [1.165, 1.54) is 6.33 Å². The SMILES string of the molecule is CN(C)c1cnccc1NC(=O)NCc1ccc(-n2cncn2)cc1. The van der Waals surface area contributed by atoms with Crippen LogP contribution in [-0.2, 0) is 6.54 Å². The summed E-state index contributed by atoms with van der Waals surface area (Å²) in [6, 6.07) is 9.23. The molecule has 0 radical (unpaired) electrons. The van der Waals surface area contributed by atoms with E-state index >= 15 is 0 Å². The molecule has 128 valence electrons. The van der Waals surface area contributed by atoms with Gasteiger partial charge in [-0.25, -0.2) is 14.5 Å². The highest BCUT2D eigenvalue weighted by molar-refractivity contribution is 5.92. The van der Waals surface area contributed by atoms with E-state index in [4.69, 9.17) is 0 Å². The molecule has 8 heteroatoms. The van der Waals surface area contributed by atoms with E-state index in [-0.39, 0.29) is 6.03 Å². The minimum absolute atomic E-state index is 0.269. The van der Waals surface area contributed by atoms with Crippen molar-refractivity contribution in [3.63, 3.8) is 0 Å². The summed E-state index contributed by atoms with van der Waals surface area (Å²) in [4.78, 5) is 22.0. The van der Waals surface area contributed by atoms with Gasteiger partial charge in [-0.05, 0) is 23.8 Å². The summed E-state index contributed by atoms with van der Waals surface area (Å²) in [7, 11) is 3.80. The summed E-state index contributed by atoms with van der Waals surface area (Å²) in [6.07, 6.45) is 6.47. The number of carbonyl (C=O) groups excluding carboxylic acids is 1. The molecule has 3 rings (SSSR count). The molecular weight excluding hydrogens is 318 g/mol. The molecule has 0 bridgehead atoms. The second-order valence-electron chi connectivity index (χ2n) is 5.60. The molecule has 0 aliphatic carbocycles. The van der Waals surface area contributed by atoms with E-state index in [0.717, 1.165) is 16.9 Å². The van der Waals surface area contributed by atoms with Crippen LogP contribution in [0.25, 0.3) is 5.69 Å². The van der Waals surface area contributed by atoms with E-state index in [1.54, 1.807) is 29.5 Å². The van der Waals surface area contributed by atoms with Crippen LogP contribution in [0.5, 0.6) is 0 Å². The summed E-state index contributed by atoms with van der Waals surface area (Å²) >= 11 is 0. The lowest BCUT2D eigenvalue weighted by atomic mass is 10.2. The van der Waals surface area contributed by atoms with Crippen molar-refractivity contribution in [2.45, 2.75) is 6.54 Å². The number of urea groups is 1. The number of rotatable bonds is 5. The van der Waals surface area contributed by atoms with Crippen molar-refractivity contribution in [1.82, 2.24) is 25.1 Å². The summed E-state index contributed by atoms with van der Waals surface area (Å²) in [5.74, 6) is 0. The Bertz CT molecular complexity index is 828. The number of nitrogens with one attached hydrogen (secondary N) is 2. The first-order valence-corrected chi connectivity index (χ1v) is 7.73. The molecule has 2 heterocycles. The van der Waals surface area contributed by atoms with Crippen molar-refractivity contribution < 1.29 is 4.79 Å². The molecule has 25 heavy (non-hydrogen) atoms. The van der Waals surface area contributed by atoms with Crippen molar-refractivity contribution in [3.05, 3.63) is 60.9 Å². The predicted molar refractivity (Wildman–Crippen MR) is 95.8 cm³/mol. The van der Waals surface area contributed by atoms with Gasteiger partial charge < -0.3 is 15.5 Å². The van der Waals surface area contributed by atoms with E-state index in [9.17, 15) is 4.79 Å². The topological polar surface area (TPSA) is 88.0 Å². The fourth-order valence-corrected chi connectivity index (χ4v) is 2.31. The summed E-state index contributed by atoms with van der Waals surface area (Å²) < 4.78 is 1.68. The maximum absolute atomic E-state index is 12.1. The van der Waals surface area contributed by atoms with Crippen LogP contribution in [0.1, 0.15) is 5.56 Å². The van der Waals surface area contributed by atoms with Gasteiger partial charge in [-0.2, -0.15) is 5.10 Å². The Morgan fingerprint density at radius 3 is 2.64 bits per heavy atom. The summed E-state index contributed by atoms with van der Waals surface area (Å²) in [5.41, 5.74) is 3.45. The first-order valence-electron chi connectivity index (χ1n) is 7.73. The van der Waals surface area contributed by atoms with Crippen molar-refractivity contribution in [1.29, 1.82) is 0 Å². The molecule has 2 aromatic heterocycles. The first kappa shape index (κ1) is 16.4. The standard InChI is InChI=1S/C17H19N7O/c1-23(2)16-10-18-8-7-15(16)22-17(25)20-9-13-3-5-14(6-4-13)24-12-19-11-21-24/h3-8,10-12H,9H2,1-2H3,(H2,18,20,22,25). The van der Waals surface area contributed by atoms with E-state index in [2.05, 4.69) is 25.7 Å². The third kappa shape index (κ3) is 4.11. The molecule has 2 amide bonds. The predicted octanol–water partition coefficient (Wildman–Crippen LogP) is 2.05. The van der Waals surface area contributed by atoms with Gasteiger partial charge in [-0.15, -0.1) is 0 Å². The lowest BCUT2D eigenvalue weighted by Gasteiger charge is -2.17. The highest BCUT2D eigenvalue weighted by atomic mass is 16.2. The Kier molecular flexibility index (Phi) is 4.89. The number of nitrogens with zero attached hydrogens (tertiary/aromatic N) is 5. The van der Waals surface area contributed by atoms with Gasteiger partial charge >= 0.3 is 6.03 Å². The van der Waals surface area contributed by atoms with Crippen LogP contribution >= 0.6 is 0 Å². The largest absolute Gasteiger partial charge is 0.375 e. The molecule has 1 aromatic carbocycles. The van der Waals surface area contributed by atoms with Gasteiger partial charge in [-0.1, -0.05) is 12.1 Å². The van der Waals surface area contributed by atoms with Crippen molar-refractivity contribution in [3.8, 4) is 5.69 Å². The van der Waals surface area contributed by atoms with Gasteiger partial charge in [0.2, 0.25) is 0 Å². The molecule has 0 aliphatic heterocycles. The second-order valence-corrected chi connectivity index (χ2v) is 5.60. The lowest BCUT2D eigenvalue weighted by Crippen LogP contribution is -2.29. The normalized spacial score (nSPS) is 10.3. The van der Waals surface area contributed by atoms with Crippen LogP contribution in [-0.4, -0.2) is 39.9 Å². The number of hydrogen-bond donors (Lipinski definition) is 2. The highest BCUT2D eigenvalue weighted by Crippen LogP contribution is 2.21. The summed E-state index contributed by atoms with van der Waals surface area (Å²) in [5, 5.41) is 9.76. The quantitative estimate of drug-likeness (QED) is 0.744. The molecule has 0 spiro atoms. The number of amides is 2. The van der Waals surface area contributed by atoms with Crippen LogP contribution < -0.4 is 15.5 Å². The number of carbonyl (C=O) groups is 1. The van der Waals surface area contributed by atoms with Gasteiger partial charge in [-0.3, -0.25) is 4.98 Å². The van der Waals surface area contributed by atoms with E-state index in [0.29, 0.717) is 12.2 Å². The molecule has 0 saturated heterocycles. The monoisotopic (exact) mass is 337 g/mol. The van der Waals surface area contributed by atoms with E-state index in [1.807, 2.05) is 43.3 Å². The van der Waals surface area contributed by atoms with Crippen LogP contribution in [0.4, 0.5) is 16.2 Å². The highest BCUT2D eigenvalue weighted by Gasteiger charge is 2.08. The minimum Gasteiger partial charge on any atom is -0.375 e. The third-order valence-electron chi connectivity index (χ3n) is 3.60. The number of pyridine rings is 1. The second kappa shape index (κ2) is 7.43. The molecule has 0 unspecified atom stereocenters. The van der Waals surface area contributed by atoms with Crippen LogP contribution in [0.15, 0.2) is 55.4 Å². The minimum atomic E-state index is -0.269. The van der Waals surface area contributed by atoms with Crippen LogP contribution in [0, 0.1) is 0 Å². The van der Waals surface area contributed by atoms with Crippen molar-refractivity contribution >= 4 is 17.4 Å². The maximum atomic E-state index is 12.1. The Balaban J connectivity index is 1.58. The van der Waals surface area contributed by atoms with Crippen molar-refractivity contribution in [2.24, 2.45) is 0 Å². The van der Waals surface area contributed by atoms with Crippen molar-refractivity contribution in [2.75, 3.05) is 24.3 Å². The maximum Gasteiger partial charge on any atom is 0.319 e. The Morgan fingerprint density at radius 2 is 1.96 bits per heavy atom. The number of hydrogen-bond acceptors (Lipinski definition) is 5.